The molecule has 1 aliphatic rings. The highest BCUT2D eigenvalue weighted by atomic mass is 35.5. The van der Waals surface area contributed by atoms with E-state index in [4.69, 9.17) is 11.6 Å². The number of thioether (sulfide) groups is 1. The van der Waals surface area contributed by atoms with Crippen LogP contribution in [0, 0.1) is 0 Å². The minimum atomic E-state index is -0.211. The normalized spacial score (nSPS) is 14.7. The number of rotatable bonds is 4. The summed E-state index contributed by atoms with van der Waals surface area (Å²) in [5.74, 6) is 0.902. The van der Waals surface area contributed by atoms with Crippen molar-refractivity contribution in [2.75, 3.05) is 29.6 Å². The third-order valence-electron chi connectivity index (χ3n) is 5.22. The van der Waals surface area contributed by atoms with Gasteiger partial charge < -0.3 is 10.2 Å². The highest BCUT2D eigenvalue weighted by molar-refractivity contribution is 7.98. The number of urea groups is 1. The molecule has 1 aromatic heterocycles. The van der Waals surface area contributed by atoms with E-state index >= 15 is 0 Å². The number of thiol groups is 1. The smallest absolute Gasteiger partial charge is 0.331 e. The van der Waals surface area contributed by atoms with Crippen LogP contribution in [0.2, 0.25) is 5.02 Å². The van der Waals surface area contributed by atoms with Crippen LogP contribution in [0.5, 0.6) is 0 Å². The van der Waals surface area contributed by atoms with Gasteiger partial charge in [0.15, 0.2) is 0 Å². The minimum Gasteiger partial charge on any atom is -0.356 e. The number of anilines is 2. The zero-order valence-electron chi connectivity index (χ0n) is 16.5. The molecule has 156 valence electrons. The Balaban J connectivity index is 1.40. The largest absolute Gasteiger partial charge is 0.356 e. The van der Waals surface area contributed by atoms with Crippen molar-refractivity contribution >= 4 is 64.6 Å². The molecule has 0 saturated carbocycles. The van der Waals surface area contributed by atoms with E-state index in [2.05, 4.69) is 33.0 Å². The third kappa shape index (κ3) is 4.61. The van der Waals surface area contributed by atoms with Crippen LogP contribution >= 0.6 is 36.2 Å². The second kappa shape index (κ2) is 9.32. The van der Waals surface area contributed by atoms with Gasteiger partial charge in [-0.2, -0.15) is 0 Å². The van der Waals surface area contributed by atoms with E-state index in [0.29, 0.717) is 5.02 Å². The Morgan fingerprint density at radius 2 is 2.03 bits per heavy atom. The number of piperidine rings is 1. The topological polar surface area (TPSA) is 61.4 Å². The first-order chi connectivity index (χ1) is 14.5. The number of carbonyl (C=O) groups is 1. The highest BCUT2D eigenvalue weighted by Gasteiger charge is 2.27. The molecular formula is C21H22ClN5OS2. The van der Waals surface area contributed by atoms with Crippen LogP contribution in [0.25, 0.3) is 10.9 Å². The van der Waals surface area contributed by atoms with Gasteiger partial charge in [0.25, 0.3) is 0 Å². The number of hydrogen-bond donors (Lipinski definition) is 2. The van der Waals surface area contributed by atoms with Crippen LogP contribution in [0.4, 0.5) is 16.3 Å². The summed E-state index contributed by atoms with van der Waals surface area (Å²) < 4.78 is 1.51. The fourth-order valence-corrected chi connectivity index (χ4v) is 4.54. The molecule has 2 amide bonds. The summed E-state index contributed by atoms with van der Waals surface area (Å²) in [7, 11) is 0. The Hall–Kier alpha value is -2.16. The van der Waals surface area contributed by atoms with Crippen LogP contribution in [-0.4, -0.2) is 45.7 Å². The van der Waals surface area contributed by atoms with Crippen LogP contribution in [0.1, 0.15) is 12.8 Å². The van der Waals surface area contributed by atoms with Crippen LogP contribution in [-0.2, 0) is 0 Å². The standard InChI is InChI=1S/C21H22ClN5OS2/c1-30-17-4-2-3-15(12-17)25-21(28)27(29)16-7-9-26(10-8-16)20-18-6-5-14(22)11-19(18)23-13-24-20/h2-6,11-13,16,29H,7-10H2,1H3,(H,25,28). The summed E-state index contributed by atoms with van der Waals surface area (Å²) in [5.41, 5.74) is 1.60. The van der Waals surface area contributed by atoms with E-state index in [1.165, 1.54) is 4.31 Å². The molecule has 0 unspecified atom stereocenters. The van der Waals surface area contributed by atoms with Gasteiger partial charge in [-0.05, 0) is 55.5 Å². The quantitative estimate of drug-likeness (QED) is 0.406. The molecular weight excluding hydrogens is 438 g/mol. The van der Waals surface area contributed by atoms with Gasteiger partial charge in [0.2, 0.25) is 0 Å². The van der Waals surface area contributed by atoms with Crippen LogP contribution in [0.3, 0.4) is 0 Å². The molecule has 6 nitrogen and oxygen atoms in total. The number of benzene rings is 2. The molecule has 0 aliphatic carbocycles. The van der Waals surface area contributed by atoms with Crippen molar-refractivity contribution in [2.24, 2.45) is 0 Å². The van der Waals surface area contributed by atoms with Gasteiger partial charge in [-0.1, -0.05) is 30.5 Å². The lowest BCUT2D eigenvalue weighted by molar-refractivity contribution is 0.223. The second-order valence-corrected chi connectivity index (χ2v) is 8.83. The molecule has 4 rings (SSSR count). The molecule has 0 bridgehead atoms. The number of nitrogens with zero attached hydrogens (tertiary/aromatic N) is 4. The van der Waals surface area contributed by atoms with E-state index in [0.717, 1.165) is 53.2 Å². The average Bonchev–Trinajstić information content (AvgIpc) is 2.78. The molecule has 0 radical (unpaired) electrons. The summed E-state index contributed by atoms with van der Waals surface area (Å²) in [6.07, 6.45) is 5.19. The van der Waals surface area contributed by atoms with Gasteiger partial charge in [-0.15, -0.1) is 11.8 Å². The predicted octanol–water partition coefficient (Wildman–Crippen LogP) is 5.35. The summed E-state index contributed by atoms with van der Waals surface area (Å²) >= 11 is 12.2. The Kier molecular flexibility index (Phi) is 6.55. The molecule has 0 atom stereocenters. The van der Waals surface area contributed by atoms with Crippen molar-refractivity contribution in [2.45, 2.75) is 23.8 Å². The number of amides is 2. The summed E-state index contributed by atoms with van der Waals surface area (Å²) in [6.45, 7) is 1.57. The lowest BCUT2D eigenvalue weighted by Gasteiger charge is -2.36. The lowest BCUT2D eigenvalue weighted by Crippen LogP contribution is -2.45. The van der Waals surface area contributed by atoms with Crippen LogP contribution < -0.4 is 10.2 Å². The number of halogens is 1. The maximum absolute atomic E-state index is 12.7. The van der Waals surface area contributed by atoms with Crippen molar-refractivity contribution in [3.8, 4) is 0 Å². The minimum absolute atomic E-state index is 0.0517. The molecule has 2 heterocycles. The van der Waals surface area contributed by atoms with Gasteiger partial charge in [0, 0.05) is 40.1 Å². The van der Waals surface area contributed by atoms with E-state index < -0.39 is 0 Å². The predicted molar refractivity (Wildman–Crippen MR) is 128 cm³/mol. The Morgan fingerprint density at radius 3 is 2.80 bits per heavy atom. The summed E-state index contributed by atoms with van der Waals surface area (Å²) in [5, 5.41) is 4.58. The van der Waals surface area contributed by atoms with Crippen LogP contribution in [0.15, 0.2) is 53.7 Å². The molecule has 30 heavy (non-hydrogen) atoms. The monoisotopic (exact) mass is 459 g/mol. The maximum atomic E-state index is 12.7. The van der Waals surface area contributed by atoms with E-state index in [1.54, 1.807) is 18.1 Å². The lowest BCUT2D eigenvalue weighted by atomic mass is 10.0. The first kappa shape index (κ1) is 21.1. The zero-order valence-corrected chi connectivity index (χ0v) is 18.9. The molecule has 1 fully saturated rings. The summed E-state index contributed by atoms with van der Waals surface area (Å²) in [4.78, 5) is 24.8. The fourth-order valence-electron chi connectivity index (χ4n) is 3.64. The highest BCUT2D eigenvalue weighted by Crippen LogP contribution is 2.29. The average molecular weight is 460 g/mol. The molecule has 0 spiro atoms. The molecule has 1 N–H and O–H groups in total. The van der Waals surface area contributed by atoms with E-state index in [-0.39, 0.29) is 12.1 Å². The first-order valence-corrected chi connectivity index (χ1v) is 11.6. The zero-order chi connectivity index (χ0) is 21.1. The molecule has 3 aromatic rings. The van der Waals surface area contributed by atoms with Crippen molar-refractivity contribution in [3.63, 3.8) is 0 Å². The number of fused-ring (bicyclic) bond motifs is 1. The summed E-state index contributed by atoms with van der Waals surface area (Å²) in [6, 6.07) is 13.3. The first-order valence-electron chi connectivity index (χ1n) is 9.63. The van der Waals surface area contributed by atoms with Crippen molar-refractivity contribution in [1.29, 1.82) is 0 Å². The van der Waals surface area contributed by atoms with Crippen molar-refractivity contribution < 1.29 is 4.79 Å². The number of hydrogen-bond acceptors (Lipinski definition) is 6. The number of carbonyl (C=O) groups excluding carboxylic acids is 1. The van der Waals surface area contributed by atoms with Gasteiger partial charge in [-0.25, -0.2) is 14.8 Å². The van der Waals surface area contributed by atoms with Crippen molar-refractivity contribution in [3.05, 3.63) is 53.8 Å². The third-order valence-corrected chi connectivity index (χ3v) is 6.69. The second-order valence-electron chi connectivity index (χ2n) is 7.08. The number of nitrogens with one attached hydrogen (secondary N) is 1. The Labute approximate surface area is 190 Å². The van der Waals surface area contributed by atoms with Gasteiger partial charge >= 0.3 is 6.03 Å². The molecule has 9 heteroatoms. The number of aromatic nitrogens is 2. The Morgan fingerprint density at radius 1 is 1.23 bits per heavy atom. The van der Waals surface area contributed by atoms with E-state index in [9.17, 15) is 4.79 Å². The molecule has 1 aliphatic heterocycles. The van der Waals surface area contributed by atoms with E-state index in [1.807, 2.05) is 48.7 Å². The fraction of sp³-hybridized carbons (Fsp3) is 0.286. The molecule has 1 saturated heterocycles. The maximum Gasteiger partial charge on any atom is 0.331 e. The van der Waals surface area contributed by atoms with Gasteiger partial charge in [0.05, 0.1) is 5.52 Å². The molecule has 2 aromatic carbocycles. The van der Waals surface area contributed by atoms with Gasteiger partial charge in [-0.3, -0.25) is 4.31 Å². The SMILES string of the molecule is CSc1cccc(NC(=O)N(S)C2CCN(c3ncnc4cc(Cl)ccc34)CC2)c1. The van der Waals surface area contributed by atoms with Crippen molar-refractivity contribution in [1.82, 2.24) is 14.3 Å². The van der Waals surface area contributed by atoms with Gasteiger partial charge in [0.1, 0.15) is 12.1 Å². The Bertz CT molecular complexity index is 1060.